The summed E-state index contributed by atoms with van der Waals surface area (Å²) < 4.78 is 11.8. The van der Waals surface area contributed by atoms with Crippen LogP contribution in [0.15, 0.2) is 18.2 Å². The zero-order valence-corrected chi connectivity index (χ0v) is 16.4. The second-order valence-electron chi connectivity index (χ2n) is 7.77. The van der Waals surface area contributed by atoms with E-state index in [1.165, 1.54) is 6.42 Å². The van der Waals surface area contributed by atoms with Crippen molar-refractivity contribution in [2.24, 2.45) is 11.8 Å². The maximum atomic E-state index is 13.0. The van der Waals surface area contributed by atoms with Crippen LogP contribution in [0, 0.1) is 18.8 Å². The summed E-state index contributed by atoms with van der Waals surface area (Å²) in [6.45, 7) is 11.7. The van der Waals surface area contributed by atoms with E-state index in [0.29, 0.717) is 25.0 Å². The van der Waals surface area contributed by atoms with E-state index < -0.39 is 5.60 Å². The molecule has 0 spiro atoms. The lowest BCUT2D eigenvalue weighted by molar-refractivity contribution is -0.147. The topological polar surface area (TPSA) is 47.6 Å². The molecule has 2 rings (SSSR count). The van der Waals surface area contributed by atoms with E-state index in [0.717, 1.165) is 36.3 Å². The van der Waals surface area contributed by atoms with Gasteiger partial charge in [0.15, 0.2) is 0 Å². The van der Waals surface area contributed by atoms with Crippen molar-refractivity contribution in [1.29, 1.82) is 0 Å². The molecule has 0 heterocycles. The van der Waals surface area contributed by atoms with Crippen LogP contribution in [0.4, 0.5) is 5.69 Å². The van der Waals surface area contributed by atoms with Crippen LogP contribution in [0.3, 0.4) is 0 Å². The van der Waals surface area contributed by atoms with Crippen molar-refractivity contribution in [1.82, 2.24) is 0 Å². The minimum Gasteiger partial charge on any atom is -0.493 e. The summed E-state index contributed by atoms with van der Waals surface area (Å²) in [6.07, 6.45) is 3.80. The molecular formula is C21H33NO3. The molecule has 0 unspecified atom stereocenters. The summed E-state index contributed by atoms with van der Waals surface area (Å²) >= 11 is 0. The first-order chi connectivity index (χ1) is 11.9. The molecule has 0 aliphatic heterocycles. The van der Waals surface area contributed by atoms with E-state index in [1.54, 1.807) is 0 Å². The number of nitrogens with one attached hydrogen (secondary N) is 1. The van der Waals surface area contributed by atoms with Crippen LogP contribution in [0.25, 0.3) is 0 Å². The van der Waals surface area contributed by atoms with Gasteiger partial charge >= 0.3 is 0 Å². The first kappa shape index (κ1) is 19.8. The zero-order chi connectivity index (χ0) is 18.4. The lowest BCUT2D eigenvalue weighted by atomic mass is 9.78. The molecule has 0 radical (unpaired) electrons. The highest BCUT2D eigenvalue weighted by Crippen LogP contribution is 2.36. The monoisotopic (exact) mass is 347 g/mol. The average Bonchev–Trinajstić information content (AvgIpc) is 2.54. The van der Waals surface area contributed by atoms with Crippen molar-refractivity contribution in [3.05, 3.63) is 23.8 Å². The first-order valence-electron chi connectivity index (χ1n) is 9.55. The molecule has 4 nitrogen and oxygen atoms in total. The van der Waals surface area contributed by atoms with Crippen LogP contribution in [-0.2, 0) is 9.53 Å². The molecule has 1 saturated carbocycles. The van der Waals surface area contributed by atoms with Gasteiger partial charge < -0.3 is 14.8 Å². The number of hydrogen-bond acceptors (Lipinski definition) is 3. The van der Waals surface area contributed by atoms with E-state index in [1.807, 2.05) is 32.0 Å². The van der Waals surface area contributed by atoms with Gasteiger partial charge in [0.05, 0.1) is 6.61 Å². The van der Waals surface area contributed by atoms with Gasteiger partial charge in [-0.3, -0.25) is 4.79 Å². The van der Waals surface area contributed by atoms with E-state index in [-0.39, 0.29) is 5.91 Å². The van der Waals surface area contributed by atoms with Crippen molar-refractivity contribution < 1.29 is 14.3 Å². The number of anilines is 1. The average molecular weight is 347 g/mol. The maximum Gasteiger partial charge on any atom is 0.256 e. The summed E-state index contributed by atoms with van der Waals surface area (Å²) in [4.78, 5) is 13.0. The second kappa shape index (κ2) is 8.70. The summed E-state index contributed by atoms with van der Waals surface area (Å²) in [7, 11) is 0. The van der Waals surface area contributed by atoms with E-state index >= 15 is 0 Å². The van der Waals surface area contributed by atoms with E-state index in [4.69, 9.17) is 9.47 Å². The van der Waals surface area contributed by atoms with Crippen LogP contribution >= 0.6 is 0 Å². The quantitative estimate of drug-likeness (QED) is 0.759. The number of amides is 1. The predicted octanol–water partition coefficient (Wildman–Crippen LogP) is 4.95. The Bertz CT molecular complexity index is 581. The largest absolute Gasteiger partial charge is 0.493 e. The van der Waals surface area contributed by atoms with Gasteiger partial charge in [-0.05, 0) is 68.7 Å². The molecular weight excluding hydrogens is 314 g/mol. The van der Waals surface area contributed by atoms with Gasteiger partial charge in [0.1, 0.15) is 11.4 Å². The lowest BCUT2D eigenvalue weighted by Crippen LogP contribution is -2.48. The Morgan fingerprint density at radius 2 is 2.16 bits per heavy atom. The molecule has 1 aliphatic carbocycles. The van der Waals surface area contributed by atoms with Crippen LogP contribution in [-0.4, -0.2) is 24.7 Å². The van der Waals surface area contributed by atoms with E-state index in [2.05, 4.69) is 26.1 Å². The maximum absolute atomic E-state index is 13.0. The summed E-state index contributed by atoms with van der Waals surface area (Å²) in [5, 5.41) is 3.07. The van der Waals surface area contributed by atoms with Crippen molar-refractivity contribution in [3.8, 4) is 5.75 Å². The van der Waals surface area contributed by atoms with Crippen molar-refractivity contribution in [3.63, 3.8) is 0 Å². The molecule has 1 aromatic rings. The second-order valence-corrected chi connectivity index (χ2v) is 7.77. The third-order valence-corrected chi connectivity index (χ3v) is 4.80. The third-order valence-electron chi connectivity index (χ3n) is 4.80. The minimum absolute atomic E-state index is 0.0175. The zero-order valence-electron chi connectivity index (χ0n) is 16.4. The Labute approximate surface area is 152 Å². The Balaban J connectivity index is 2.09. The number of carbonyl (C=O) groups is 1. The molecule has 25 heavy (non-hydrogen) atoms. The van der Waals surface area contributed by atoms with Crippen molar-refractivity contribution in [2.45, 2.75) is 65.9 Å². The van der Waals surface area contributed by atoms with Gasteiger partial charge in [-0.2, -0.15) is 0 Å². The Kier molecular flexibility index (Phi) is 6.88. The normalized spacial score (nSPS) is 23.5. The highest BCUT2D eigenvalue weighted by atomic mass is 16.5. The van der Waals surface area contributed by atoms with Crippen molar-refractivity contribution >= 4 is 11.6 Å². The number of hydrogen-bond donors (Lipinski definition) is 1. The molecule has 1 aromatic carbocycles. The Morgan fingerprint density at radius 1 is 1.40 bits per heavy atom. The Morgan fingerprint density at radius 3 is 2.76 bits per heavy atom. The molecule has 0 saturated heterocycles. The van der Waals surface area contributed by atoms with Gasteiger partial charge in [-0.1, -0.05) is 27.2 Å². The van der Waals surface area contributed by atoms with Gasteiger partial charge in [0.25, 0.3) is 5.91 Å². The van der Waals surface area contributed by atoms with Crippen LogP contribution < -0.4 is 10.1 Å². The van der Waals surface area contributed by atoms with Gasteiger partial charge in [-0.25, -0.2) is 0 Å². The standard InChI is InChI=1S/C21H33NO3/c1-6-25-21(11-7-8-16(4)13-21)20(23)22-18-9-10-19(17(5)12-18)24-14-15(2)3/h9-10,12,15-16H,6-8,11,13-14H2,1-5H3,(H,22,23)/t16-,21-/m0/s1. The number of carbonyl (C=O) groups excluding carboxylic acids is 1. The molecule has 1 fully saturated rings. The van der Waals surface area contributed by atoms with Crippen LogP contribution in [0.5, 0.6) is 5.75 Å². The van der Waals surface area contributed by atoms with E-state index in [9.17, 15) is 4.79 Å². The molecule has 1 amide bonds. The smallest absolute Gasteiger partial charge is 0.256 e. The number of ether oxygens (including phenoxy) is 2. The van der Waals surface area contributed by atoms with Crippen LogP contribution in [0.2, 0.25) is 0 Å². The van der Waals surface area contributed by atoms with Gasteiger partial charge in [-0.15, -0.1) is 0 Å². The highest BCUT2D eigenvalue weighted by Gasteiger charge is 2.42. The molecule has 4 heteroatoms. The van der Waals surface area contributed by atoms with Gasteiger partial charge in [0.2, 0.25) is 0 Å². The number of aryl methyl sites for hydroxylation is 1. The summed E-state index contributed by atoms with van der Waals surface area (Å²) in [5.74, 6) is 1.85. The molecule has 1 aliphatic rings. The Hall–Kier alpha value is -1.55. The molecule has 0 bridgehead atoms. The molecule has 0 aromatic heterocycles. The van der Waals surface area contributed by atoms with Crippen LogP contribution in [0.1, 0.15) is 58.9 Å². The van der Waals surface area contributed by atoms with Gasteiger partial charge in [0, 0.05) is 12.3 Å². The SMILES string of the molecule is CCO[C@@]1(C(=O)Nc2ccc(OCC(C)C)c(C)c2)CCC[C@H](C)C1. The number of benzene rings is 1. The third kappa shape index (κ3) is 5.21. The molecule has 2 atom stereocenters. The summed E-state index contributed by atoms with van der Waals surface area (Å²) in [5.41, 5.74) is 1.14. The minimum atomic E-state index is -0.687. The van der Waals surface area contributed by atoms with Crippen molar-refractivity contribution in [2.75, 3.05) is 18.5 Å². The molecule has 140 valence electrons. The molecule has 1 N–H and O–H groups in total. The highest BCUT2D eigenvalue weighted by molar-refractivity contribution is 5.97. The first-order valence-corrected chi connectivity index (χ1v) is 9.55. The fourth-order valence-corrected chi connectivity index (χ4v) is 3.57. The summed E-state index contributed by atoms with van der Waals surface area (Å²) in [6, 6.07) is 5.82. The fourth-order valence-electron chi connectivity index (χ4n) is 3.57. The number of rotatable bonds is 7. The lowest BCUT2D eigenvalue weighted by Gasteiger charge is -2.38. The predicted molar refractivity (Wildman–Crippen MR) is 102 cm³/mol. The fraction of sp³-hybridized carbons (Fsp3) is 0.667.